The number of rotatable bonds is 4. The number of benzene rings is 1. The second kappa shape index (κ2) is 6.30. The van der Waals surface area contributed by atoms with Crippen molar-refractivity contribution >= 4 is 17.4 Å². The predicted molar refractivity (Wildman–Crippen MR) is 77.5 cm³/mol. The molecule has 0 aliphatic carbocycles. The van der Waals surface area contributed by atoms with Gasteiger partial charge in [0.25, 0.3) is 5.91 Å². The minimum Gasteiger partial charge on any atom is -0.371 e. The summed E-state index contributed by atoms with van der Waals surface area (Å²) in [7, 11) is 1.52. The molecule has 6 heteroatoms. The van der Waals surface area contributed by atoms with Crippen molar-refractivity contribution in [2.75, 3.05) is 23.8 Å². The van der Waals surface area contributed by atoms with Crippen LogP contribution in [0.3, 0.4) is 0 Å². The van der Waals surface area contributed by atoms with Gasteiger partial charge in [0, 0.05) is 25.5 Å². The van der Waals surface area contributed by atoms with Gasteiger partial charge in [-0.3, -0.25) is 4.79 Å². The fourth-order valence-electron chi connectivity index (χ4n) is 2.02. The van der Waals surface area contributed by atoms with E-state index < -0.39 is 17.5 Å². The summed E-state index contributed by atoms with van der Waals surface area (Å²) < 4.78 is 27.5. The van der Waals surface area contributed by atoms with Crippen LogP contribution in [0.1, 0.15) is 17.3 Å². The number of nitrogens with one attached hydrogen (secondary N) is 1. The molecular weight excluding hydrogens is 276 g/mol. The van der Waals surface area contributed by atoms with Crippen LogP contribution in [0.25, 0.3) is 0 Å². The molecular formula is C15H15F2N3O. The number of nitrogens with zero attached hydrogens (tertiary/aromatic N) is 2. The average molecular weight is 291 g/mol. The Balaban J connectivity index is 2.42. The fourth-order valence-corrected chi connectivity index (χ4v) is 2.02. The van der Waals surface area contributed by atoms with Gasteiger partial charge in [-0.2, -0.15) is 0 Å². The first-order valence-electron chi connectivity index (χ1n) is 6.48. The number of halogens is 2. The van der Waals surface area contributed by atoms with E-state index in [2.05, 4.69) is 10.3 Å². The van der Waals surface area contributed by atoms with E-state index in [9.17, 15) is 13.6 Å². The molecule has 1 amide bonds. The molecule has 1 N–H and O–H groups in total. The average Bonchev–Trinajstić information content (AvgIpc) is 2.48. The van der Waals surface area contributed by atoms with Crippen molar-refractivity contribution in [2.45, 2.75) is 6.92 Å². The third-order valence-electron chi connectivity index (χ3n) is 3.04. The molecule has 0 bridgehead atoms. The van der Waals surface area contributed by atoms with Crippen LogP contribution in [0.2, 0.25) is 0 Å². The van der Waals surface area contributed by atoms with Crippen molar-refractivity contribution in [3.8, 4) is 0 Å². The molecule has 0 spiro atoms. The van der Waals surface area contributed by atoms with Crippen LogP contribution < -0.4 is 10.2 Å². The molecule has 0 saturated heterocycles. The van der Waals surface area contributed by atoms with E-state index >= 15 is 0 Å². The van der Waals surface area contributed by atoms with E-state index in [0.29, 0.717) is 12.2 Å². The summed E-state index contributed by atoms with van der Waals surface area (Å²) in [6, 6.07) is 6.93. The summed E-state index contributed by atoms with van der Waals surface area (Å²) in [5.41, 5.74) is 0.269. The Morgan fingerprint density at radius 3 is 2.71 bits per heavy atom. The van der Waals surface area contributed by atoms with Crippen LogP contribution in [-0.2, 0) is 0 Å². The van der Waals surface area contributed by atoms with Gasteiger partial charge in [-0.1, -0.05) is 6.07 Å². The van der Waals surface area contributed by atoms with Crippen molar-refractivity contribution in [3.05, 3.63) is 53.7 Å². The van der Waals surface area contributed by atoms with E-state index in [1.165, 1.54) is 42.4 Å². The summed E-state index contributed by atoms with van der Waals surface area (Å²) in [5, 5.41) is 2.58. The van der Waals surface area contributed by atoms with Crippen LogP contribution in [0.5, 0.6) is 0 Å². The number of carbonyl (C=O) groups is 1. The van der Waals surface area contributed by atoms with Crippen molar-refractivity contribution in [1.82, 2.24) is 4.98 Å². The minimum absolute atomic E-state index is 0.00357. The van der Waals surface area contributed by atoms with Gasteiger partial charge in [-0.05, 0) is 31.2 Å². The summed E-state index contributed by atoms with van der Waals surface area (Å²) in [5.74, 6) is -1.72. The van der Waals surface area contributed by atoms with Gasteiger partial charge in [0.1, 0.15) is 5.82 Å². The molecule has 110 valence electrons. The number of aromatic nitrogens is 1. The van der Waals surface area contributed by atoms with Crippen LogP contribution in [-0.4, -0.2) is 24.5 Å². The maximum atomic E-state index is 14.2. The minimum atomic E-state index is -0.722. The lowest BCUT2D eigenvalue weighted by atomic mass is 10.2. The van der Waals surface area contributed by atoms with Crippen LogP contribution in [0.15, 0.2) is 36.5 Å². The second-order valence-electron chi connectivity index (χ2n) is 4.30. The van der Waals surface area contributed by atoms with E-state index in [1.54, 1.807) is 13.0 Å². The summed E-state index contributed by atoms with van der Waals surface area (Å²) in [6.45, 7) is 2.03. The van der Waals surface area contributed by atoms with Gasteiger partial charge in [0.05, 0.1) is 5.56 Å². The van der Waals surface area contributed by atoms with E-state index in [1.807, 2.05) is 0 Å². The lowest BCUT2D eigenvalue weighted by Gasteiger charge is -2.21. The monoisotopic (exact) mass is 291 g/mol. The van der Waals surface area contributed by atoms with Gasteiger partial charge < -0.3 is 10.2 Å². The van der Waals surface area contributed by atoms with Gasteiger partial charge in [0.2, 0.25) is 0 Å². The Bertz CT molecular complexity index is 661. The lowest BCUT2D eigenvalue weighted by Crippen LogP contribution is -2.31. The Hall–Kier alpha value is -2.50. The van der Waals surface area contributed by atoms with Gasteiger partial charge in [0.15, 0.2) is 11.6 Å². The molecule has 2 aromatic rings. The molecule has 0 aliphatic heterocycles. The number of amides is 1. The third-order valence-corrected chi connectivity index (χ3v) is 3.04. The fraction of sp³-hybridized carbons (Fsp3) is 0.200. The highest BCUT2D eigenvalue weighted by molar-refractivity contribution is 6.06. The smallest absolute Gasteiger partial charge is 0.261 e. The number of anilines is 2. The molecule has 21 heavy (non-hydrogen) atoms. The molecule has 1 heterocycles. The molecule has 0 aliphatic rings. The topological polar surface area (TPSA) is 45.2 Å². The molecule has 2 rings (SSSR count). The number of hydrogen-bond acceptors (Lipinski definition) is 3. The van der Waals surface area contributed by atoms with E-state index in [0.717, 1.165) is 0 Å². The highest BCUT2D eigenvalue weighted by Crippen LogP contribution is 2.21. The maximum Gasteiger partial charge on any atom is 0.261 e. The van der Waals surface area contributed by atoms with Crippen molar-refractivity contribution in [2.24, 2.45) is 0 Å². The quantitative estimate of drug-likeness (QED) is 0.941. The lowest BCUT2D eigenvalue weighted by molar-refractivity contribution is 0.0984. The van der Waals surface area contributed by atoms with Gasteiger partial charge >= 0.3 is 0 Å². The normalized spacial score (nSPS) is 10.3. The molecule has 0 atom stereocenters. The SMILES string of the molecule is CCN(C(=O)c1ccnc(NC)c1F)c1cccc(F)c1. The Morgan fingerprint density at radius 2 is 2.10 bits per heavy atom. The Morgan fingerprint density at radius 1 is 1.33 bits per heavy atom. The largest absolute Gasteiger partial charge is 0.371 e. The van der Waals surface area contributed by atoms with Crippen molar-refractivity contribution < 1.29 is 13.6 Å². The first-order chi connectivity index (χ1) is 10.1. The number of pyridine rings is 1. The Kier molecular flexibility index (Phi) is 4.47. The molecule has 0 radical (unpaired) electrons. The van der Waals surface area contributed by atoms with Crippen LogP contribution in [0, 0.1) is 11.6 Å². The number of hydrogen-bond donors (Lipinski definition) is 1. The molecule has 0 unspecified atom stereocenters. The zero-order valence-electron chi connectivity index (χ0n) is 11.7. The van der Waals surface area contributed by atoms with Crippen LogP contribution in [0.4, 0.5) is 20.3 Å². The Labute approximate surface area is 121 Å². The predicted octanol–water partition coefficient (Wildman–Crippen LogP) is 3.07. The highest BCUT2D eigenvalue weighted by atomic mass is 19.1. The third kappa shape index (κ3) is 2.99. The molecule has 1 aromatic heterocycles. The second-order valence-corrected chi connectivity index (χ2v) is 4.30. The molecule has 4 nitrogen and oxygen atoms in total. The molecule has 0 saturated carbocycles. The van der Waals surface area contributed by atoms with Gasteiger partial charge in [-0.25, -0.2) is 13.8 Å². The van der Waals surface area contributed by atoms with E-state index in [4.69, 9.17) is 0 Å². The molecule has 0 fully saturated rings. The van der Waals surface area contributed by atoms with Crippen molar-refractivity contribution in [1.29, 1.82) is 0 Å². The zero-order valence-corrected chi connectivity index (χ0v) is 11.7. The highest BCUT2D eigenvalue weighted by Gasteiger charge is 2.21. The first kappa shape index (κ1) is 14.9. The van der Waals surface area contributed by atoms with E-state index in [-0.39, 0.29) is 11.4 Å². The maximum absolute atomic E-state index is 14.2. The number of carbonyl (C=O) groups excluding carboxylic acids is 1. The van der Waals surface area contributed by atoms with Crippen LogP contribution >= 0.6 is 0 Å². The summed E-state index contributed by atoms with van der Waals surface area (Å²) in [4.78, 5) is 17.6. The van der Waals surface area contributed by atoms with Crippen molar-refractivity contribution in [3.63, 3.8) is 0 Å². The standard InChI is InChI=1S/C15H15F2N3O/c1-3-20(11-6-4-5-10(16)9-11)15(21)12-7-8-19-14(18-2)13(12)17/h4-9H,3H2,1-2H3,(H,18,19). The van der Waals surface area contributed by atoms with Gasteiger partial charge in [-0.15, -0.1) is 0 Å². The summed E-state index contributed by atoms with van der Waals surface area (Å²) in [6.07, 6.45) is 1.35. The first-order valence-corrected chi connectivity index (χ1v) is 6.48. The zero-order chi connectivity index (χ0) is 15.4. The molecule has 1 aromatic carbocycles. The summed E-state index contributed by atoms with van der Waals surface area (Å²) >= 11 is 0.